The van der Waals surface area contributed by atoms with Crippen molar-refractivity contribution in [2.75, 3.05) is 7.11 Å². The quantitative estimate of drug-likeness (QED) is 0.727. The van der Waals surface area contributed by atoms with Crippen molar-refractivity contribution in [3.8, 4) is 0 Å². The molecule has 0 radical (unpaired) electrons. The number of carbonyl (C=O) groups excluding carboxylic acids is 1. The monoisotopic (exact) mass is 216 g/mol. The highest BCUT2D eigenvalue weighted by Gasteiger charge is 2.27. The molecule has 14 heavy (non-hydrogen) atoms. The maximum atomic E-state index is 10.9. The van der Waals surface area contributed by atoms with Gasteiger partial charge in [-0.05, 0) is 19.1 Å². The second kappa shape index (κ2) is 4.54. The first-order valence-electron chi connectivity index (χ1n) is 4.06. The minimum atomic E-state index is -1.52. The summed E-state index contributed by atoms with van der Waals surface area (Å²) in [6, 6.07) is 3.49. The number of ether oxygens (including phenoxy) is 1. The third-order valence-electron chi connectivity index (χ3n) is 1.79. The van der Waals surface area contributed by atoms with E-state index in [9.17, 15) is 15.0 Å². The molecule has 2 N–H and O–H groups in total. The van der Waals surface area contributed by atoms with E-state index in [1.165, 1.54) is 11.3 Å². The molecule has 0 aromatic carbocycles. The molecule has 0 aliphatic rings. The number of hydrogen-bond donors (Lipinski definition) is 2. The Morgan fingerprint density at radius 3 is 2.57 bits per heavy atom. The van der Waals surface area contributed by atoms with Crippen molar-refractivity contribution >= 4 is 17.3 Å². The van der Waals surface area contributed by atoms with Gasteiger partial charge in [0.1, 0.15) is 6.10 Å². The molecule has 0 aliphatic carbocycles. The summed E-state index contributed by atoms with van der Waals surface area (Å²) in [6.07, 6.45) is -2.72. The van der Waals surface area contributed by atoms with Crippen LogP contribution in [-0.2, 0) is 9.53 Å². The van der Waals surface area contributed by atoms with Crippen LogP contribution in [0.2, 0.25) is 0 Å². The molecule has 1 aromatic heterocycles. The lowest BCUT2D eigenvalue weighted by molar-refractivity contribution is -0.156. The number of carbonyl (C=O) groups is 1. The Bertz CT molecular complexity index is 320. The number of methoxy groups -OCH3 is 1. The molecule has 2 unspecified atom stereocenters. The maximum Gasteiger partial charge on any atom is 0.337 e. The molecular weight excluding hydrogens is 204 g/mol. The van der Waals surface area contributed by atoms with Crippen molar-refractivity contribution in [3.05, 3.63) is 21.9 Å². The van der Waals surface area contributed by atoms with Crippen LogP contribution in [0.15, 0.2) is 12.1 Å². The van der Waals surface area contributed by atoms with Crippen LogP contribution in [0.3, 0.4) is 0 Å². The van der Waals surface area contributed by atoms with Gasteiger partial charge in [0.05, 0.1) is 7.11 Å². The fraction of sp³-hybridized carbons (Fsp3) is 0.444. The molecule has 4 nitrogen and oxygen atoms in total. The Kier molecular flexibility index (Phi) is 3.62. The van der Waals surface area contributed by atoms with Crippen molar-refractivity contribution in [1.82, 2.24) is 0 Å². The van der Waals surface area contributed by atoms with E-state index in [0.717, 1.165) is 12.0 Å². The van der Waals surface area contributed by atoms with E-state index in [4.69, 9.17) is 0 Å². The van der Waals surface area contributed by atoms with Gasteiger partial charge in [-0.15, -0.1) is 11.3 Å². The minimum Gasteiger partial charge on any atom is -0.467 e. The first kappa shape index (κ1) is 11.2. The Labute approximate surface area is 85.8 Å². The zero-order valence-electron chi connectivity index (χ0n) is 7.93. The van der Waals surface area contributed by atoms with Crippen LogP contribution in [-0.4, -0.2) is 29.4 Å². The Morgan fingerprint density at radius 2 is 2.14 bits per heavy atom. The number of aliphatic hydroxyl groups is 2. The summed E-state index contributed by atoms with van der Waals surface area (Å²) in [5.74, 6) is -0.830. The van der Waals surface area contributed by atoms with Crippen LogP contribution in [0.5, 0.6) is 0 Å². The Hall–Kier alpha value is -0.910. The first-order chi connectivity index (χ1) is 6.56. The van der Waals surface area contributed by atoms with E-state index in [1.54, 1.807) is 6.07 Å². The van der Waals surface area contributed by atoms with E-state index >= 15 is 0 Å². The Morgan fingerprint density at radius 1 is 1.50 bits per heavy atom. The number of hydrogen-bond acceptors (Lipinski definition) is 5. The molecular formula is C9H12O4S. The van der Waals surface area contributed by atoms with Gasteiger partial charge in [-0.25, -0.2) is 4.79 Å². The molecule has 2 atom stereocenters. The molecule has 78 valence electrons. The van der Waals surface area contributed by atoms with Crippen molar-refractivity contribution < 1.29 is 19.7 Å². The van der Waals surface area contributed by atoms with E-state index in [0.29, 0.717) is 4.88 Å². The molecule has 1 heterocycles. The normalized spacial score (nSPS) is 14.9. The first-order valence-corrected chi connectivity index (χ1v) is 4.88. The van der Waals surface area contributed by atoms with Gasteiger partial charge in [0.15, 0.2) is 6.10 Å². The molecule has 0 saturated heterocycles. The molecule has 0 spiro atoms. The number of thiophene rings is 1. The van der Waals surface area contributed by atoms with Crippen LogP contribution >= 0.6 is 11.3 Å². The van der Waals surface area contributed by atoms with E-state index in [1.807, 2.05) is 13.0 Å². The molecule has 0 bridgehead atoms. The topological polar surface area (TPSA) is 66.8 Å². The van der Waals surface area contributed by atoms with Crippen LogP contribution in [0.4, 0.5) is 0 Å². The van der Waals surface area contributed by atoms with E-state index in [-0.39, 0.29) is 0 Å². The molecule has 1 aromatic rings. The highest BCUT2D eigenvalue weighted by Crippen LogP contribution is 2.25. The highest BCUT2D eigenvalue weighted by atomic mass is 32.1. The highest BCUT2D eigenvalue weighted by molar-refractivity contribution is 7.12. The lowest BCUT2D eigenvalue weighted by Crippen LogP contribution is -2.28. The number of rotatable bonds is 3. The summed E-state index contributed by atoms with van der Waals surface area (Å²) in [7, 11) is 1.16. The summed E-state index contributed by atoms with van der Waals surface area (Å²) in [4.78, 5) is 12.5. The molecule has 1 rings (SSSR count). The summed E-state index contributed by atoms with van der Waals surface area (Å²) >= 11 is 1.33. The van der Waals surface area contributed by atoms with Crippen molar-refractivity contribution in [1.29, 1.82) is 0 Å². The lowest BCUT2D eigenvalue weighted by Gasteiger charge is -2.13. The van der Waals surface area contributed by atoms with Crippen molar-refractivity contribution in [3.63, 3.8) is 0 Å². The number of esters is 1. The predicted molar refractivity (Wildman–Crippen MR) is 52.0 cm³/mol. The summed E-state index contributed by atoms with van der Waals surface area (Å²) < 4.78 is 4.32. The third-order valence-corrected chi connectivity index (χ3v) is 2.87. The van der Waals surface area contributed by atoms with Gasteiger partial charge >= 0.3 is 5.97 Å². The smallest absolute Gasteiger partial charge is 0.337 e. The fourth-order valence-electron chi connectivity index (χ4n) is 1.02. The van der Waals surface area contributed by atoms with Gasteiger partial charge in [0.2, 0.25) is 0 Å². The van der Waals surface area contributed by atoms with Crippen LogP contribution in [0.1, 0.15) is 15.9 Å². The third kappa shape index (κ3) is 2.31. The van der Waals surface area contributed by atoms with Gasteiger partial charge in [0, 0.05) is 9.75 Å². The van der Waals surface area contributed by atoms with Gasteiger partial charge in [-0.2, -0.15) is 0 Å². The van der Waals surface area contributed by atoms with Gasteiger partial charge in [-0.1, -0.05) is 0 Å². The van der Waals surface area contributed by atoms with Gasteiger partial charge in [0.25, 0.3) is 0 Å². The number of aliphatic hydroxyl groups excluding tert-OH is 2. The van der Waals surface area contributed by atoms with E-state index < -0.39 is 18.2 Å². The predicted octanol–water partition coefficient (Wildman–Crippen LogP) is 0.624. The molecule has 0 aliphatic heterocycles. The zero-order chi connectivity index (χ0) is 10.7. The molecule has 5 heteroatoms. The fourth-order valence-corrected chi connectivity index (χ4v) is 1.91. The second-order valence-corrected chi connectivity index (χ2v) is 4.18. The molecule has 0 amide bonds. The van der Waals surface area contributed by atoms with Gasteiger partial charge < -0.3 is 14.9 Å². The van der Waals surface area contributed by atoms with Gasteiger partial charge in [-0.3, -0.25) is 0 Å². The average molecular weight is 216 g/mol. The van der Waals surface area contributed by atoms with Crippen LogP contribution in [0, 0.1) is 6.92 Å². The average Bonchev–Trinajstić information content (AvgIpc) is 2.61. The lowest BCUT2D eigenvalue weighted by atomic mass is 10.2. The van der Waals surface area contributed by atoms with Crippen molar-refractivity contribution in [2.24, 2.45) is 0 Å². The van der Waals surface area contributed by atoms with Crippen molar-refractivity contribution in [2.45, 2.75) is 19.1 Å². The Balaban J connectivity index is 2.74. The zero-order valence-corrected chi connectivity index (χ0v) is 8.75. The van der Waals surface area contributed by atoms with Crippen LogP contribution < -0.4 is 0 Å². The minimum absolute atomic E-state index is 0.556. The maximum absolute atomic E-state index is 10.9. The largest absolute Gasteiger partial charge is 0.467 e. The molecule has 0 fully saturated rings. The summed E-state index contributed by atoms with van der Waals surface area (Å²) in [6.45, 7) is 1.88. The SMILES string of the molecule is COC(=O)C(O)C(O)c1ccc(C)s1. The number of aryl methyl sites for hydroxylation is 1. The molecule has 0 saturated carbocycles. The summed E-state index contributed by atoms with van der Waals surface area (Å²) in [5, 5.41) is 18.9. The van der Waals surface area contributed by atoms with Crippen LogP contribution in [0.25, 0.3) is 0 Å². The second-order valence-electron chi connectivity index (χ2n) is 2.86. The standard InChI is InChI=1S/C9H12O4S/c1-5-3-4-6(14-5)7(10)8(11)9(12)13-2/h3-4,7-8,10-11H,1-2H3. The van der Waals surface area contributed by atoms with E-state index in [2.05, 4.69) is 4.74 Å². The summed E-state index contributed by atoms with van der Waals surface area (Å²) in [5.41, 5.74) is 0.